The van der Waals surface area contributed by atoms with Gasteiger partial charge in [-0.15, -0.1) is 24.8 Å². The number of likely N-dealkylation sites (tertiary alicyclic amines) is 1. The van der Waals surface area contributed by atoms with Crippen LogP contribution in [-0.2, 0) is 4.79 Å². The Kier molecular flexibility index (Phi) is 10.6. The van der Waals surface area contributed by atoms with Crippen LogP contribution < -0.4 is 11.1 Å². The lowest BCUT2D eigenvalue weighted by Gasteiger charge is -2.31. The highest BCUT2D eigenvalue weighted by molar-refractivity contribution is 5.86. The highest BCUT2D eigenvalue weighted by Crippen LogP contribution is 2.27. The molecule has 0 bridgehead atoms. The number of nitrogens with zero attached hydrogens (tertiary/aromatic N) is 1. The van der Waals surface area contributed by atoms with Gasteiger partial charge in [-0.1, -0.05) is 12.8 Å². The van der Waals surface area contributed by atoms with E-state index in [1.807, 2.05) is 0 Å². The second-order valence-corrected chi connectivity index (χ2v) is 6.46. The Morgan fingerprint density at radius 3 is 2.59 bits per heavy atom. The van der Waals surface area contributed by atoms with Crippen molar-refractivity contribution in [2.75, 3.05) is 32.8 Å². The molecular formula is C15H31Cl2N3O2. The summed E-state index contributed by atoms with van der Waals surface area (Å²) >= 11 is 0. The molecule has 4 N–H and O–H groups in total. The Hall–Kier alpha value is -0.0700. The SMILES string of the molecule is Cl.Cl.NC1(C(=O)NCCCN2CCCC(CO)C2)CCCC1. The van der Waals surface area contributed by atoms with Crippen LogP contribution in [0, 0.1) is 5.92 Å². The fourth-order valence-electron chi connectivity index (χ4n) is 3.42. The number of nitrogens with one attached hydrogen (secondary N) is 1. The number of carbonyl (C=O) groups excluding carboxylic acids is 1. The van der Waals surface area contributed by atoms with Gasteiger partial charge in [0.2, 0.25) is 5.91 Å². The molecule has 0 aromatic carbocycles. The van der Waals surface area contributed by atoms with Crippen molar-refractivity contribution in [1.29, 1.82) is 0 Å². The highest BCUT2D eigenvalue weighted by atomic mass is 35.5. The third kappa shape index (κ3) is 6.20. The molecule has 0 spiro atoms. The number of rotatable bonds is 6. The van der Waals surface area contributed by atoms with Crippen molar-refractivity contribution >= 4 is 30.7 Å². The van der Waals surface area contributed by atoms with Crippen LogP contribution in [-0.4, -0.2) is 54.2 Å². The summed E-state index contributed by atoms with van der Waals surface area (Å²) in [6.07, 6.45) is 7.05. The summed E-state index contributed by atoms with van der Waals surface area (Å²) in [7, 11) is 0. The molecule has 132 valence electrons. The minimum Gasteiger partial charge on any atom is -0.396 e. The molecule has 0 radical (unpaired) electrons. The summed E-state index contributed by atoms with van der Waals surface area (Å²) in [6, 6.07) is 0. The molecule has 7 heteroatoms. The molecule has 2 fully saturated rings. The monoisotopic (exact) mass is 355 g/mol. The lowest BCUT2D eigenvalue weighted by molar-refractivity contribution is -0.126. The largest absolute Gasteiger partial charge is 0.396 e. The second kappa shape index (κ2) is 10.7. The Morgan fingerprint density at radius 1 is 1.27 bits per heavy atom. The molecule has 1 saturated heterocycles. The first kappa shape index (κ1) is 21.9. The smallest absolute Gasteiger partial charge is 0.240 e. The van der Waals surface area contributed by atoms with E-state index in [-0.39, 0.29) is 30.7 Å². The van der Waals surface area contributed by atoms with Gasteiger partial charge in [-0.05, 0) is 51.1 Å². The maximum atomic E-state index is 12.0. The summed E-state index contributed by atoms with van der Waals surface area (Å²) in [6.45, 7) is 4.10. The van der Waals surface area contributed by atoms with E-state index in [1.165, 1.54) is 6.42 Å². The normalized spacial score (nSPS) is 24.2. The van der Waals surface area contributed by atoms with Crippen molar-refractivity contribution in [1.82, 2.24) is 10.2 Å². The molecule has 1 aliphatic carbocycles. The van der Waals surface area contributed by atoms with E-state index in [4.69, 9.17) is 5.73 Å². The number of aliphatic hydroxyl groups is 1. The zero-order valence-corrected chi connectivity index (χ0v) is 14.9. The topological polar surface area (TPSA) is 78.6 Å². The predicted molar refractivity (Wildman–Crippen MR) is 93.8 cm³/mol. The summed E-state index contributed by atoms with van der Waals surface area (Å²) in [5, 5.41) is 12.2. The van der Waals surface area contributed by atoms with Crippen molar-refractivity contribution in [3.05, 3.63) is 0 Å². The average molecular weight is 356 g/mol. The predicted octanol–water partition coefficient (Wildman–Crippen LogP) is 1.31. The zero-order chi connectivity index (χ0) is 14.4. The number of halogens is 2. The number of amides is 1. The van der Waals surface area contributed by atoms with Crippen molar-refractivity contribution in [3.63, 3.8) is 0 Å². The summed E-state index contributed by atoms with van der Waals surface area (Å²) in [5.41, 5.74) is 5.51. The molecule has 2 rings (SSSR count). The molecule has 1 amide bonds. The van der Waals surface area contributed by atoms with E-state index < -0.39 is 5.54 Å². The molecule has 5 nitrogen and oxygen atoms in total. The van der Waals surface area contributed by atoms with Crippen molar-refractivity contribution in [2.45, 2.75) is 50.5 Å². The van der Waals surface area contributed by atoms with Gasteiger partial charge in [0.05, 0.1) is 5.54 Å². The van der Waals surface area contributed by atoms with Gasteiger partial charge >= 0.3 is 0 Å². The fourth-order valence-corrected chi connectivity index (χ4v) is 3.42. The Bertz CT molecular complexity index is 326. The van der Waals surface area contributed by atoms with Gasteiger partial charge in [0.1, 0.15) is 0 Å². The zero-order valence-electron chi connectivity index (χ0n) is 13.3. The second-order valence-electron chi connectivity index (χ2n) is 6.46. The number of hydrogen-bond acceptors (Lipinski definition) is 4. The van der Waals surface area contributed by atoms with E-state index in [9.17, 15) is 9.90 Å². The Labute approximate surface area is 146 Å². The highest BCUT2D eigenvalue weighted by Gasteiger charge is 2.36. The minimum atomic E-state index is -0.604. The minimum absolute atomic E-state index is 0. The molecule has 1 atom stereocenters. The van der Waals surface area contributed by atoms with Gasteiger partial charge in [-0.25, -0.2) is 0 Å². The van der Waals surface area contributed by atoms with Gasteiger partial charge in [0.15, 0.2) is 0 Å². The van der Waals surface area contributed by atoms with Crippen LogP contribution in [0.2, 0.25) is 0 Å². The Morgan fingerprint density at radius 2 is 1.95 bits per heavy atom. The number of hydrogen-bond donors (Lipinski definition) is 3. The van der Waals surface area contributed by atoms with E-state index in [1.54, 1.807) is 0 Å². The van der Waals surface area contributed by atoms with Gasteiger partial charge in [-0.3, -0.25) is 4.79 Å². The van der Waals surface area contributed by atoms with Crippen molar-refractivity contribution < 1.29 is 9.90 Å². The first-order valence-electron chi connectivity index (χ1n) is 8.04. The van der Waals surface area contributed by atoms with E-state index in [0.717, 1.165) is 58.2 Å². The molecule has 0 aromatic rings. The van der Waals surface area contributed by atoms with Crippen LogP contribution in [0.3, 0.4) is 0 Å². The molecule has 2 aliphatic rings. The van der Waals surface area contributed by atoms with Gasteiger partial charge in [-0.2, -0.15) is 0 Å². The lowest BCUT2D eigenvalue weighted by Crippen LogP contribution is -2.52. The molecule has 22 heavy (non-hydrogen) atoms. The number of nitrogens with two attached hydrogens (primary N) is 1. The van der Waals surface area contributed by atoms with Crippen LogP contribution in [0.4, 0.5) is 0 Å². The number of aliphatic hydroxyl groups excluding tert-OH is 1. The molecule has 1 saturated carbocycles. The standard InChI is InChI=1S/C15H29N3O2.2ClH/c16-15(6-1-2-7-15)14(20)17-8-4-10-18-9-3-5-13(11-18)12-19;;/h13,19H,1-12,16H2,(H,17,20);2*1H. The van der Waals surface area contributed by atoms with Crippen molar-refractivity contribution in [3.8, 4) is 0 Å². The first-order chi connectivity index (χ1) is 9.64. The summed E-state index contributed by atoms with van der Waals surface area (Å²) in [5.74, 6) is 0.464. The third-order valence-electron chi connectivity index (χ3n) is 4.75. The summed E-state index contributed by atoms with van der Waals surface area (Å²) in [4.78, 5) is 14.4. The van der Waals surface area contributed by atoms with Gasteiger partial charge in [0.25, 0.3) is 0 Å². The quantitative estimate of drug-likeness (QED) is 0.627. The third-order valence-corrected chi connectivity index (χ3v) is 4.75. The molecule has 0 aromatic heterocycles. The number of piperidine rings is 1. The average Bonchev–Trinajstić information content (AvgIpc) is 2.92. The molecular weight excluding hydrogens is 325 g/mol. The van der Waals surface area contributed by atoms with Gasteiger partial charge in [0, 0.05) is 19.7 Å². The molecule has 1 unspecified atom stereocenters. The van der Waals surface area contributed by atoms with Crippen molar-refractivity contribution in [2.24, 2.45) is 11.7 Å². The lowest BCUT2D eigenvalue weighted by atomic mass is 9.98. The van der Waals surface area contributed by atoms with E-state index >= 15 is 0 Å². The molecule has 1 aliphatic heterocycles. The van der Waals surface area contributed by atoms with E-state index in [2.05, 4.69) is 10.2 Å². The number of carbonyl (C=O) groups is 1. The van der Waals surface area contributed by atoms with Crippen LogP contribution >= 0.6 is 24.8 Å². The first-order valence-corrected chi connectivity index (χ1v) is 8.04. The van der Waals surface area contributed by atoms with Gasteiger partial charge < -0.3 is 21.1 Å². The fraction of sp³-hybridized carbons (Fsp3) is 0.933. The summed E-state index contributed by atoms with van der Waals surface area (Å²) < 4.78 is 0. The Balaban J connectivity index is 0.00000220. The van der Waals surface area contributed by atoms with Crippen LogP contribution in [0.15, 0.2) is 0 Å². The van der Waals surface area contributed by atoms with E-state index in [0.29, 0.717) is 19.1 Å². The maximum Gasteiger partial charge on any atom is 0.240 e. The van der Waals surface area contributed by atoms with Crippen LogP contribution in [0.25, 0.3) is 0 Å². The van der Waals surface area contributed by atoms with Crippen LogP contribution in [0.1, 0.15) is 44.9 Å². The maximum absolute atomic E-state index is 12.0. The van der Waals surface area contributed by atoms with Crippen LogP contribution in [0.5, 0.6) is 0 Å². The molecule has 1 heterocycles.